The van der Waals surface area contributed by atoms with Crippen molar-refractivity contribution in [3.8, 4) is 5.75 Å². The van der Waals surface area contributed by atoms with Crippen LogP contribution >= 0.6 is 0 Å². The Morgan fingerprint density at radius 2 is 1.36 bits per heavy atom. The van der Waals surface area contributed by atoms with E-state index in [1.165, 1.54) is 0 Å². The Balaban J connectivity index is 1.27. The van der Waals surface area contributed by atoms with E-state index in [1.807, 2.05) is 78.6 Å². The van der Waals surface area contributed by atoms with Gasteiger partial charge in [0.1, 0.15) is 5.75 Å². The van der Waals surface area contributed by atoms with Gasteiger partial charge in [-0.1, -0.05) is 18.2 Å². The lowest BCUT2D eigenvalue weighted by Gasteiger charge is -2.36. The van der Waals surface area contributed by atoms with Gasteiger partial charge in [0.05, 0.1) is 6.61 Å². The highest BCUT2D eigenvalue weighted by molar-refractivity contribution is 5.99. The van der Waals surface area contributed by atoms with Crippen LogP contribution in [0, 0.1) is 0 Å². The topological polar surface area (TPSA) is 73.9 Å². The van der Waals surface area contributed by atoms with Gasteiger partial charge in [-0.25, -0.2) is 4.79 Å². The number of urea groups is 1. The van der Waals surface area contributed by atoms with Gasteiger partial charge in [-0.2, -0.15) is 0 Å². The molecule has 1 aliphatic rings. The van der Waals surface area contributed by atoms with Crippen molar-refractivity contribution in [1.29, 1.82) is 0 Å². The Hall–Kier alpha value is -4.00. The monoisotopic (exact) mass is 444 g/mol. The van der Waals surface area contributed by atoms with Gasteiger partial charge in [0.2, 0.25) is 0 Å². The summed E-state index contributed by atoms with van der Waals surface area (Å²) < 4.78 is 5.41. The summed E-state index contributed by atoms with van der Waals surface area (Å²) >= 11 is 0. The van der Waals surface area contributed by atoms with Gasteiger partial charge in [-0.15, -0.1) is 0 Å². The number of ether oxygens (including phenoxy) is 1. The van der Waals surface area contributed by atoms with Crippen LogP contribution in [0.25, 0.3) is 0 Å². The van der Waals surface area contributed by atoms with E-state index in [0.717, 1.165) is 30.1 Å². The molecule has 1 fully saturated rings. The Bertz CT molecular complexity index is 1060. The zero-order valence-corrected chi connectivity index (χ0v) is 18.7. The molecule has 3 amide bonds. The minimum Gasteiger partial charge on any atom is -0.494 e. The normalized spacial score (nSPS) is 13.4. The molecule has 3 aromatic rings. The summed E-state index contributed by atoms with van der Waals surface area (Å²) in [7, 11) is 0. The zero-order chi connectivity index (χ0) is 23.0. The average Bonchev–Trinajstić information content (AvgIpc) is 2.86. The summed E-state index contributed by atoms with van der Waals surface area (Å²) in [5.41, 5.74) is 3.19. The van der Waals surface area contributed by atoms with E-state index in [9.17, 15) is 9.59 Å². The minimum atomic E-state index is -0.306. The Morgan fingerprint density at radius 1 is 0.788 bits per heavy atom. The largest absolute Gasteiger partial charge is 0.494 e. The van der Waals surface area contributed by atoms with Crippen LogP contribution in [0.4, 0.5) is 21.9 Å². The van der Waals surface area contributed by atoms with Crippen molar-refractivity contribution < 1.29 is 14.3 Å². The number of hydrogen-bond acceptors (Lipinski definition) is 4. The Kier molecular flexibility index (Phi) is 7.09. The first kappa shape index (κ1) is 22.2. The van der Waals surface area contributed by atoms with Crippen LogP contribution in [0.3, 0.4) is 0 Å². The highest BCUT2D eigenvalue weighted by Crippen LogP contribution is 2.21. The number of amides is 3. The van der Waals surface area contributed by atoms with Crippen LogP contribution in [0.1, 0.15) is 17.3 Å². The van der Waals surface area contributed by atoms with Gasteiger partial charge >= 0.3 is 6.03 Å². The molecule has 0 radical (unpaired) electrons. The fraction of sp³-hybridized carbons (Fsp3) is 0.231. The van der Waals surface area contributed by atoms with Gasteiger partial charge < -0.3 is 25.2 Å². The quantitative estimate of drug-likeness (QED) is 0.578. The van der Waals surface area contributed by atoms with Crippen molar-refractivity contribution in [2.75, 3.05) is 48.3 Å². The van der Waals surface area contributed by atoms with Gasteiger partial charge in [0.25, 0.3) is 5.91 Å². The molecule has 0 saturated carbocycles. The second kappa shape index (κ2) is 10.5. The lowest BCUT2D eigenvalue weighted by Crippen LogP contribution is -2.48. The number of rotatable bonds is 6. The first-order valence-corrected chi connectivity index (χ1v) is 11.1. The molecule has 4 rings (SSSR count). The fourth-order valence-electron chi connectivity index (χ4n) is 3.78. The number of piperazine rings is 1. The summed E-state index contributed by atoms with van der Waals surface area (Å²) in [6.45, 7) is 5.42. The third-order valence-electron chi connectivity index (χ3n) is 5.50. The van der Waals surface area contributed by atoms with E-state index in [-0.39, 0.29) is 11.9 Å². The van der Waals surface area contributed by atoms with Crippen molar-refractivity contribution in [1.82, 2.24) is 4.90 Å². The van der Waals surface area contributed by atoms with Crippen LogP contribution in [0.5, 0.6) is 5.75 Å². The summed E-state index contributed by atoms with van der Waals surface area (Å²) in [4.78, 5) is 29.1. The van der Waals surface area contributed by atoms with Crippen molar-refractivity contribution in [2.45, 2.75) is 6.92 Å². The highest BCUT2D eigenvalue weighted by Gasteiger charge is 2.22. The lowest BCUT2D eigenvalue weighted by molar-refractivity contribution is 0.0747. The SMILES string of the molecule is CCOc1ccc(NC(=O)Nc2ccc(N3CCN(C(=O)c4ccccc4)CC3)cc2)cc1. The molecule has 0 spiro atoms. The predicted octanol–water partition coefficient (Wildman–Crippen LogP) is 4.69. The molecule has 0 bridgehead atoms. The van der Waals surface area contributed by atoms with Crippen molar-refractivity contribution in [3.05, 3.63) is 84.4 Å². The Morgan fingerprint density at radius 3 is 1.94 bits per heavy atom. The molecule has 1 saturated heterocycles. The van der Waals surface area contributed by atoms with Crippen molar-refractivity contribution in [2.24, 2.45) is 0 Å². The molecule has 0 aliphatic carbocycles. The first-order valence-electron chi connectivity index (χ1n) is 11.1. The summed E-state index contributed by atoms with van der Waals surface area (Å²) in [6.07, 6.45) is 0. The predicted molar refractivity (Wildman–Crippen MR) is 131 cm³/mol. The lowest BCUT2D eigenvalue weighted by atomic mass is 10.1. The first-order chi connectivity index (χ1) is 16.1. The second-order valence-electron chi connectivity index (χ2n) is 7.73. The van der Waals surface area contributed by atoms with Gasteiger partial charge in [0.15, 0.2) is 0 Å². The third kappa shape index (κ3) is 5.83. The molecule has 3 aromatic carbocycles. The molecule has 1 aliphatic heterocycles. The second-order valence-corrected chi connectivity index (χ2v) is 7.73. The molecule has 33 heavy (non-hydrogen) atoms. The highest BCUT2D eigenvalue weighted by atomic mass is 16.5. The zero-order valence-electron chi connectivity index (χ0n) is 18.7. The number of nitrogens with one attached hydrogen (secondary N) is 2. The van der Waals surface area contributed by atoms with Crippen LogP contribution in [-0.4, -0.2) is 49.6 Å². The summed E-state index contributed by atoms with van der Waals surface area (Å²) in [5.74, 6) is 0.845. The van der Waals surface area contributed by atoms with Gasteiger partial charge in [-0.3, -0.25) is 4.79 Å². The van der Waals surface area contributed by atoms with E-state index >= 15 is 0 Å². The molecule has 2 N–H and O–H groups in total. The van der Waals surface area contributed by atoms with E-state index in [4.69, 9.17) is 4.74 Å². The number of carbonyl (C=O) groups is 2. The van der Waals surface area contributed by atoms with E-state index in [2.05, 4.69) is 15.5 Å². The fourth-order valence-corrected chi connectivity index (χ4v) is 3.78. The van der Waals surface area contributed by atoms with Gasteiger partial charge in [-0.05, 0) is 67.6 Å². The number of anilines is 3. The number of hydrogen-bond donors (Lipinski definition) is 2. The van der Waals surface area contributed by atoms with Crippen LogP contribution in [0.15, 0.2) is 78.9 Å². The molecule has 0 unspecified atom stereocenters. The maximum Gasteiger partial charge on any atom is 0.323 e. The van der Waals surface area contributed by atoms with E-state index < -0.39 is 0 Å². The molecular weight excluding hydrogens is 416 g/mol. The minimum absolute atomic E-state index is 0.0772. The molecule has 0 atom stereocenters. The van der Waals surface area contributed by atoms with Crippen molar-refractivity contribution in [3.63, 3.8) is 0 Å². The van der Waals surface area contributed by atoms with E-state index in [1.54, 1.807) is 12.1 Å². The van der Waals surface area contributed by atoms with Crippen LogP contribution in [-0.2, 0) is 0 Å². The van der Waals surface area contributed by atoms with Crippen LogP contribution in [0.2, 0.25) is 0 Å². The Labute approximate surface area is 194 Å². The van der Waals surface area contributed by atoms with Crippen LogP contribution < -0.4 is 20.3 Å². The van der Waals surface area contributed by atoms with E-state index in [0.29, 0.717) is 31.1 Å². The third-order valence-corrected chi connectivity index (χ3v) is 5.50. The summed E-state index contributed by atoms with van der Waals surface area (Å²) in [5, 5.41) is 5.66. The summed E-state index contributed by atoms with van der Waals surface area (Å²) in [6, 6.07) is 24.1. The maximum absolute atomic E-state index is 12.6. The smallest absolute Gasteiger partial charge is 0.323 e. The molecule has 7 nitrogen and oxygen atoms in total. The average molecular weight is 445 g/mol. The molecular formula is C26H28N4O3. The molecule has 7 heteroatoms. The molecule has 0 aromatic heterocycles. The number of nitrogens with zero attached hydrogens (tertiary/aromatic N) is 2. The maximum atomic E-state index is 12.6. The van der Waals surface area contributed by atoms with Crippen molar-refractivity contribution >= 4 is 29.0 Å². The molecule has 170 valence electrons. The standard InChI is InChI=1S/C26H28N4O3/c1-2-33-24-14-10-22(11-15-24)28-26(32)27-21-8-12-23(13-9-21)29-16-18-30(19-17-29)25(31)20-6-4-3-5-7-20/h3-15H,2,16-19H2,1H3,(H2,27,28,32). The number of benzene rings is 3. The molecule has 1 heterocycles. The van der Waals surface area contributed by atoms with Gasteiger partial charge in [0, 0.05) is 48.8 Å². The number of carbonyl (C=O) groups excluding carboxylic acids is 2.